The van der Waals surface area contributed by atoms with Gasteiger partial charge in [0, 0.05) is 12.4 Å². The number of quaternary nitrogens is 1. The van der Waals surface area contributed by atoms with E-state index >= 15 is 0 Å². The van der Waals surface area contributed by atoms with Gasteiger partial charge in [0.05, 0.1) is 39.0 Å². The first-order valence-electron chi connectivity index (χ1n) is 11.4. The Kier molecular flexibility index (Phi) is 16.8. The van der Waals surface area contributed by atoms with Crippen LogP contribution < -0.4 is 5.11 Å². The van der Waals surface area contributed by atoms with Gasteiger partial charge in [-0.15, -0.1) is 0 Å². The monoisotopic (exact) mass is 427 g/mol. The van der Waals surface area contributed by atoms with Gasteiger partial charge in [-0.05, 0) is 32.1 Å². The van der Waals surface area contributed by atoms with Crippen LogP contribution >= 0.6 is 0 Å². The molecule has 0 amide bonds. The average Bonchev–Trinajstić information content (AvgIpc) is 2.69. The highest BCUT2D eigenvalue weighted by molar-refractivity contribution is 5.67. The quantitative estimate of drug-likeness (QED) is 0.165. The van der Waals surface area contributed by atoms with Crippen LogP contribution in [0.4, 0.5) is 0 Å². The molecule has 0 aliphatic carbocycles. The number of carbonyl (C=O) groups is 3. The second-order valence-corrected chi connectivity index (χ2v) is 8.17. The molecular weight excluding hydrogens is 386 g/mol. The first-order chi connectivity index (χ1) is 14.3. The van der Waals surface area contributed by atoms with Crippen molar-refractivity contribution < 1.29 is 34.2 Å². The normalized spacial score (nSPS) is 11.8. The lowest BCUT2D eigenvalue weighted by Crippen LogP contribution is -2.53. The largest absolute Gasteiger partial charge is 0.550 e. The summed E-state index contributed by atoms with van der Waals surface area (Å²) < 4.78 is 0.219. The van der Waals surface area contributed by atoms with Gasteiger partial charge in [-0.2, -0.15) is 0 Å². The molecule has 0 unspecified atom stereocenters. The zero-order valence-corrected chi connectivity index (χ0v) is 18.7. The topological polar surface area (TPSA) is 115 Å². The summed E-state index contributed by atoms with van der Waals surface area (Å²) >= 11 is 0. The molecule has 0 spiro atoms. The Morgan fingerprint density at radius 1 is 0.700 bits per heavy atom. The van der Waals surface area contributed by atoms with Crippen molar-refractivity contribution >= 4 is 17.9 Å². The van der Waals surface area contributed by atoms with Gasteiger partial charge < -0.3 is 24.6 Å². The predicted molar refractivity (Wildman–Crippen MR) is 115 cm³/mol. The Labute approximate surface area is 181 Å². The number of nitrogens with zero attached hydrogens (tertiary/aromatic N) is 1. The summed E-state index contributed by atoms with van der Waals surface area (Å²) in [6.07, 6.45) is 15.3. The third-order valence-electron chi connectivity index (χ3n) is 5.52. The molecule has 0 aromatic heterocycles. The van der Waals surface area contributed by atoms with Gasteiger partial charge >= 0.3 is 11.9 Å². The molecule has 0 bridgehead atoms. The van der Waals surface area contributed by atoms with E-state index in [4.69, 9.17) is 10.2 Å². The highest BCUT2D eigenvalue weighted by Crippen LogP contribution is 2.16. The molecule has 30 heavy (non-hydrogen) atoms. The lowest BCUT2D eigenvalue weighted by Gasteiger charge is -2.38. The molecule has 0 rings (SSSR count). The molecule has 0 fully saturated rings. The zero-order chi connectivity index (χ0) is 22.7. The van der Waals surface area contributed by atoms with Crippen molar-refractivity contribution in [3.8, 4) is 0 Å². The third-order valence-corrected chi connectivity index (χ3v) is 5.52. The van der Waals surface area contributed by atoms with Crippen molar-refractivity contribution in [3.05, 3.63) is 12.2 Å². The van der Waals surface area contributed by atoms with E-state index in [1.165, 1.54) is 25.7 Å². The molecule has 0 aliphatic rings. The van der Waals surface area contributed by atoms with E-state index in [9.17, 15) is 19.5 Å². The first-order valence-corrected chi connectivity index (χ1v) is 11.4. The molecule has 7 nitrogen and oxygen atoms in total. The summed E-state index contributed by atoms with van der Waals surface area (Å²) in [6.45, 7) is 3.50. The Bertz CT molecular complexity index is 472. The lowest BCUT2D eigenvalue weighted by atomic mass is 10.1. The smallest absolute Gasteiger partial charge is 0.309 e. The molecule has 0 aromatic rings. The summed E-state index contributed by atoms with van der Waals surface area (Å²) in [5, 5.41) is 29.0. The average molecular weight is 428 g/mol. The summed E-state index contributed by atoms with van der Waals surface area (Å²) in [7, 11) is 0. The SMILES string of the molecule is CCC/C=C/CCCCCCCCC[N+](CCC(=O)[O-])(CCC(=O)O)CCC(=O)O. The number of carboxylic acids is 3. The Hall–Kier alpha value is -1.89. The van der Waals surface area contributed by atoms with Crippen LogP contribution in [0.2, 0.25) is 0 Å². The van der Waals surface area contributed by atoms with E-state index in [1.54, 1.807) is 0 Å². The predicted octanol–water partition coefficient (Wildman–Crippen LogP) is 3.37. The van der Waals surface area contributed by atoms with E-state index in [0.717, 1.165) is 38.5 Å². The van der Waals surface area contributed by atoms with Gasteiger partial charge in [-0.3, -0.25) is 9.59 Å². The molecule has 7 heteroatoms. The van der Waals surface area contributed by atoms with Crippen LogP contribution in [0.1, 0.15) is 90.4 Å². The second kappa shape index (κ2) is 17.9. The van der Waals surface area contributed by atoms with Gasteiger partial charge in [0.1, 0.15) is 0 Å². The van der Waals surface area contributed by atoms with Crippen LogP contribution in [0.15, 0.2) is 12.2 Å². The summed E-state index contributed by atoms with van der Waals surface area (Å²) in [6, 6.07) is 0. The molecule has 0 saturated carbocycles. The summed E-state index contributed by atoms with van der Waals surface area (Å²) in [5.74, 6) is -3.09. The van der Waals surface area contributed by atoms with Gasteiger partial charge in [0.15, 0.2) is 0 Å². The lowest BCUT2D eigenvalue weighted by molar-refractivity contribution is -0.927. The van der Waals surface area contributed by atoms with E-state index < -0.39 is 17.9 Å². The number of hydrogen-bond acceptors (Lipinski definition) is 4. The van der Waals surface area contributed by atoms with Gasteiger partial charge in [0.25, 0.3) is 0 Å². The Balaban J connectivity index is 4.34. The summed E-state index contributed by atoms with van der Waals surface area (Å²) in [5.41, 5.74) is 0. The fourth-order valence-electron chi connectivity index (χ4n) is 3.66. The maximum atomic E-state index is 11.0. The van der Waals surface area contributed by atoms with Crippen LogP contribution in [0.5, 0.6) is 0 Å². The number of aliphatic carboxylic acids is 3. The Morgan fingerprint density at radius 2 is 1.17 bits per heavy atom. The molecule has 0 radical (unpaired) electrons. The van der Waals surface area contributed by atoms with Crippen LogP contribution in [0.3, 0.4) is 0 Å². The van der Waals surface area contributed by atoms with Crippen molar-refractivity contribution in [1.82, 2.24) is 0 Å². The van der Waals surface area contributed by atoms with E-state index in [2.05, 4.69) is 19.1 Å². The second-order valence-electron chi connectivity index (χ2n) is 8.17. The van der Waals surface area contributed by atoms with E-state index in [-0.39, 0.29) is 43.4 Å². The molecule has 0 aliphatic heterocycles. The van der Waals surface area contributed by atoms with Crippen LogP contribution in [0.25, 0.3) is 0 Å². The minimum Gasteiger partial charge on any atom is -0.550 e. The number of unbranched alkanes of at least 4 members (excludes halogenated alkanes) is 8. The van der Waals surface area contributed by atoms with Gasteiger partial charge in [-0.25, -0.2) is 0 Å². The van der Waals surface area contributed by atoms with Crippen molar-refractivity contribution in [3.63, 3.8) is 0 Å². The molecule has 0 saturated heterocycles. The molecular formula is C23H41NO6. The minimum atomic E-state index is -1.19. The van der Waals surface area contributed by atoms with Gasteiger partial charge in [-0.1, -0.05) is 51.2 Å². The molecule has 2 N–H and O–H groups in total. The van der Waals surface area contributed by atoms with Crippen LogP contribution in [-0.2, 0) is 14.4 Å². The van der Waals surface area contributed by atoms with Gasteiger partial charge in [0.2, 0.25) is 0 Å². The fraction of sp³-hybridized carbons (Fsp3) is 0.783. The van der Waals surface area contributed by atoms with Crippen molar-refractivity contribution in [2.45, 2.75) is 90.4 Å². The molecule has 174 valence electrons. The number of hydrogen-bond donors (Lipinski definition) is 2. The van der Waals surface area contributed by atoms with E-state index in [0.29, 0.717) is 6.54 Å². The first kappa shape index (κ1) is 28.1. The highest BCUT2D eigenvalue weighted by Gasteiger charge is 2.28. The molecule has 0 atom stereocenters. The van der Waals surface area contributed by atoms with Crippen LogP contribution in [0, 0.1) is 0 Å². The Morgan fingerprint density at radius 3 is 1.67 bits per heavy atom. The number of carbonyl (C=O) groups excluding carboxylic acids is 1. The third kappa shape index (κ3) is 17.0. The van der Waals surface area contributed by atoms with E-state index in [1.807, 2.05) is 0 Å². The fourth-order valence-corrected chi connectivity index (χ4v) is 3.66. The molecule has 0 heterocycles. The summed E-state index contributed by atoms with van der Waals surface area (Å²) in [4.78, 5) is 33.0. The molecule has 0 aromatic carbocycles. The van der Waals surface area contributed by atoms with Crippen LogP contribution in [-0.4, -0.2) is 58.8 Å². The van der Waals surface area contributed by atoms with Crippen molar-refractivity contribution in [1.29, 1.82) is 0 Å². The highest BCUT2D eigenvalue weighted by atomic mass is 16.4. The maximum absolute atomic E-state index is 11.0. The zero-order valence-electron chi connectivity index (χ0n) is 18.7. The minimum absolute atomic E-state index is 0.0978. The number of rotatable bonds is 21. The number of carboxylic acid groups (broad SMARTS) is 3. The standard InChI is InChI=1S/C23H41NO6/c1-2-3-4-5-6-7-8-9-10-11-12-13-17-24(18-14-21(25)26,19-15-22(27)28)20-16-23(29)30/h4-5H,2-3,6-20H2,1H3,(H2-,25,26,27,28,29,30)/b5-4+. The van der Waals surface area contributed by atoms with Crippen molar-refractivity contribution in [2.24, 2.45) is 0 Å². The maximum Gasteiger partial charge on any atom is 0.309 e. The van der Waals surface area contributed by atoms with Crippen molar-refractivity contribution in [2.75, 3.05) is 26.2 Å². The number of allylic oxidation sites excluding steroid dienone is 2.